The molecule has 0 amide bonds. The molecule has 116 valence electrons. The number of carbonyl (C=O) groups excluding carboxylic acids is 1. The third kappa shape index (κ3) is 3.77. The summed E-state index contributed by atoms with van der Waals surface area (Å²) in [7, 11) is 0. The van der Waals surface area contributed by atoms with Crippen molar-refractivity contribution in [3.8, 4) is 11.5 Å². The van der Waals surface area contributed by atoms with Gasteiger partial charge < -0.3 is 4.42 Å². The smallest absolute Gasteiger partial charge is 0.287 e. The lowest BCUT2D eigenvalue weighted by molar-refractivity contribution is 0.0966. The minimum absolute atomic E-state index is 0.0119. The van der Waals surface area contributed by atoms with Gasteiger partial charge in [0.05, 0.1) is 0 Å². The van der Waals surface area contributed by atoms with Gasteiger partial charge in [-0.25, -0.2) is 4.68 Å². The largest absolute Gasteiger partial charge is 0.409 e. The van der Waals surface area contributed by atoms with E-state index in [1.165, 1.54) is 4.68 Å². The predicted molar refractivity (Wildman–Crippen MR) is 94.2 cm³/mol. The summed E-state index contributed by atoms with van der Waals surface area (Å²) in [6, 6.07) is 14.2. The number of nitrogens with zero attached hydrogens (tertiary/aromatic N) is 2. The highest BCUT2D eigenvalue weighted by Crippen LogP contribution is 2.22. The number of benzene rings is 2. The van der Waals surface area contributed by atoms with E-state index < -0.39 is 0 Å². The van der Waals surface area contributed by atoms with Crippen LogP contribution in [0.3, 0.4) is 0 Å². The molecule has 2 aromatic carbocycles. The summed E-state index contributed by atoms with van der Waals surface area (Å²) in [6.07, 6.45) is 0. The van der Waals surface area contributed by atoms with Crippen molar-refractivity contribution in [1.82, 2.24) is 9.78 Å². The van der Waals surface area contributed by atoms with E-state index in [0.717, 1.165) is 10.0 Å². The second-order valence-electron chi connectivity index (χ2n) is 4.77. The average molecular weight is 410 g/mol. The van der Waals surface area contributed by atoms with E-state index in [2.05, 4.69) is 21.0 Å². The second-order valence-corrected chi connectivity index (χ2v) is 6.47. The molecule has 0 aliphatic carbocycles. The molecule has 23 heavy (non-hydrogen) atoms. The first-order valence-electron chi connectivity index (χ1n) is 6.65. The van der Waals surface area contributed by atoms with Crippen LogP contribution in [0.1, 0.15) is 10.4 Å². The first-order chi connectivity index (χ1) is 11.0. The van der Waals surface area contributed by atoms with Crippen LogP contribution in [0.15, 0.2) is 57.4 Å². The van der Waals surface area contributed by atoms with Crippen molar-refractivity contribution in [3.05, 3.63) is 68.4 Å². The number of hydrogen-bond donors (Lipinski definition) is 0. The Morgan fingerprint density at radius 3 is 2.70 bits per heavy atom. The molecular formula is C16H10BrClN2O2S. The summed E-state index contributed by atoms with van der Waals surface area (Å²) in [5.74, 6) is 0.257. The number of ketones is 1. The maximum atomic E-state index is 12.3. The van der Waals surface area contributed by atoms with E-state index in [0.29, 0.717) is 16.5 Å². The highest BCUT2D eigenvalue weighted by Gasteiger charge is 2.13. The van der Waals surface area contributed by atoms with Crippen molar-refractivity contribution < 1.29 is 9.21 Å². The fraction of sp³-hybridized carbons (Fsp3) is 0.0625. The maximum Gasteiger partial charge on any atom is 0.287 e. The molecule has 0 aliphatic rings. The molecule has 0 saturated carbocycles. The number of carbonyl (C=O) groups is 1. The highest BCUT2D eigenvalue weighted by molar-refractivity contribution is 9.10. The van der Waals surface area contributed by atoms with Gasteiger partial charge in [-0.2, -0.15) is 0 Å². The standard InChI is InChI=1S/C16H10BrClN2O2S/c17-12-3-1-2-11(8-12)15-19-20(16(23)22-15)9-14(21)10-4-6-13(18)7-5-10/h1-8H,9H2. The number of halogens is 2. The monoisotopic (exact) mass is 408 g/mol. The Bertz CT molecular complexity index is 918. The third-order valence-electron chi connectivity index (χ3n) is 3.14. The summed E-state index contributed by atoms with van der Waals surface area (Å²) in [6.45, 7) is 0.0119. The summed E-state index contributed by atoms with van der Waals surface area (Å²) in [4.78, 5) is 12.4. The Morgan fingerprint density at radius 1 is 1.26 bits per heavy atom. The molecular weight excluding hydrogens is 400 g/mol. The number of aromatic nitrogens is 2. The molecule has 3 rings (SSSR count). The molecule has 1 aromatic heterocycles. The Morgan fingerprint density at radius 2 is 2.00 bits per heavy atom. The van der Waals surface area contributed by atoms with Crippen LogP contribution >= 0.6 is 39.7 Å². The third-order valence-corrected chi connectivity index (χ3v) is 4.18. The molecule has 0 bridgehead atoms. The van der Waals surface area contributed by atoms with Gasteiger partial charge in [0.15, 0.2) is 5.78 Å². The van der Waals surface area contributed by atoms with E-state index in [-0.39, 0.29) is 17.2 Å². The van der Waals surface area contributed by atoms with Crippen molar-refractivity contribution in [2.75, 3.05) is 0 Å². The van der Waals surface area contributed by atoms with Gasteiger partial charge in [0.2, 0.25) is 5.89 Å². The van der Waals surface area contributed by atoms with Crippen molar-refractivity contribution >= 4 is 45.5 Å². The zero-order valence-corrected chi connectivity index (χ0v) is 14.9. The van der Waals surface area contributed by atoms with Crippen LogP contribution in [-0.4, -0.2) is 15.6 Å². The molecule has 4 nitrogen and oxygen atoms in total. The molecule has 0 saturated heterocycles. The summed E-state index contributed by atoms with van der Waals surface area (Å²) >= 11 is 14.4. The van der Waals surface area contributed by atoms with Crippen LogP contribution in [0.5, 0.6) is 0 Å². The Hall–Kier alpha value is -1.76. The lowest BCUT2D eigenvalue weighted by Gasteiger charge is -2.00. The van der Waals surface area contributed by atoms with Gasteiger partial charge in [-0.3, -0.25) is 4.79 Å². The molecule has 0 radical (unpaired) electrons. The topological polar surface area (TPSA) is 48.0 Å². The van der Waals surface area contributed by atoms with E-state index in [1.54, 1.807) is 24.3 Å². The molecule has 0 fully saturated rings. The van der Waals surface area contributed by atoms with Crippen molar-refractivity contribution in [2.24, 2.45) is 0 Å². The molecule has 1 heterocycles. The normalized spacial score (nSPS) is 10.7. The molecule has 0 unspecified atom stereocenters. The van der Waals surface area contributed by atoms with Crippen LogP contribution in [0, 0.1) is 4.84 Å². The van der Waals surface area contributed by atoms with Crippen LogP contribution in [0.4, 0.5) is 0 Å². The van der Waals surface area contributed by atoms with Crippen LogP contribution in [0.2, 0.25) is 5.02 Å². The Labute approximate surface area is 150 Å². The van der Waals surface area contributed by atoms with E-state index >= 15 is 0 Å². The summed E-state index contributed by atoms with van der Waals surface area (Å²) in [5, 5.41) is 4.86. The molecule has 0 atom stereocenters. The fourth-order valence-corrected chi connectivity index (χ4v) is 2.72. The van der Waals surface area contributed by atoms with Crippen LogP contribution in [0.25, 0.3) is 11.5 Å². The average Bonchev–Trinajstić information content (AvgIpc) is 2.89. The lowest BCUT2D eigenvalue weighted by Crippen LogP contribution is -2.11. The van der Waals surface area contributed by atoms with Crippen molar-refractivity contribution in [2.45, 2.75) is 6.54 Å². The fourth-order valence-electron chi connectivity index (χ4n) is 2.01. The SMILES string of the molecule is O=C(Cn1nc(-c2cccc(Br)c2)oc1=S)c1ccc(Cl)cc1. The second kappa shape index (κ2) is 6.78. The van der Waals surface area contributed by atoms with Crippen LogP contribution in [-0.2, 0) is 6.54 Å². The van der Waals surface area contributed by atoms with Gasteiger partial charge in [-0.15, -0.1) is 5.10 Å². The van der Waals surface area contributed by atoms with Crippen molar-refractivity contribution in [3.63, 3.8) is 0 Å². The minimum Gasteiger partial charge on any atom is -0.409 e. The quantitative estimate of drug-likeness (QED) is 0.440. The van der Waals surface area contributed by atoms with Crippen LogP contribution < -0.4 is 0 Å². The first kappa shape index (κ1) is 16.1. The zero-order chi connectivity index (χ0) is 16.4. The van der Waals surface area contributed by atoms with E-state index in [9.17, 15) is 4.79 Å². The molecule has 0 aliphatic heterocycles. The number of Topliss-reactive ketones (excluding diaryl/α,β-unsaturated/α-hetero) is 1. The highest BCUT2D eigenvalue weighted by atomic mass is 79.9. The predicted octanol–water partition coefficient (Wildman–Crippen LogP) is 5.17. The van der Waals surface area contributed by atoms with Gasteiger partial charge in [-0.1, -0.05) is 33.6 Å². The minimum atomic E-state index is -0.119. The Kier molecular flexibility index (Phi) is 4.75. The van der Waals surface area contributed by atoms with Gasteiger partial charge in [0, 0.05) is 20.6 Å². The lowest BCUT2D eigenvalue weighted by atomic mass is 10.1. The number of rotatable bonds is 4. The Balaban J connectivity index is 1.85. The maximum absolute atomic E-state index is 12.3. The van der Waals surface area contributed by atoms with Gasteiger partial charge in [0.25, 0.3) is 4.84 Å². The summed E-state index contributed by atoms with van der Waals surface area (Å²) < 4.78 is 7.77. The van der Waals surface area contributed by atoms with Gasteiger partial charge in [-0.05, 0) is 54.7 Å². The van der Waals surface area contributed by atoms with Crippen molar-refractivity contribution in [1.29, 1.82) is 0 Å². The molecule has 3 aromatic rings. The zero-order valence-electron chi connectivity index (χ0n) is 11.7. The summed E-state index contributed by atoms with van der Waals surface area (Å²) in [5.41, 5.74) is 1.33. The van der Waals surface area contributed by atoms with Gasteiger partial charge in [0.1, 0.15) is 6.54 Å². The van der Waals surface area contributed by atoms with E-state index in [1.807, 2.05) is 24.3 Å². The first-order valence-corrected chi connectivity index (χ1v) is 8.23. The molecule has 0 spiro atoms. The number of hydrogen-bond acceptors (Lipinski definition) is 4. The molecule has 0 N–H and O–H groups in total. The van der Waals surface area contributed by atoms with Gasteiger partial charge >= 0.3 is 0 Å². The van der Waals surface area contributed by atoms with E-state index in [4.69, 9.17) is 28.2 Å². The molecule has 7 heteroatoms.